The Balaban J connectivity index is 3.46. The third kappa shape index (κ3) is 7.98. The molecule has 13 heteroatoms. The van der Waals surface area contributed by atoms with E-state index < -0.39 is 54.1 Å². The first-order valence-electron chi connectivity index (χ1n) is 10.7. The molecule has 1 rings (SSSR count). The first-order chi connectivity index (χ1) is 16.2. The highest BCUT2D eigenvalue weighted by atomic mass is 31.2. The highest BCUT2D eigenvalue weighted by Crippen LogP contribution is 2.67. The summed E-state index contributed by atoms with van der Waals surface area (Å²) in [6.07, 6.45) is -1.14. The molecule has 198 valence electrons. The molecule has 1 aromatic rings. The van der Waals surface area contributed by atoms with Gasteiger partial charge in [0.15, 0.2) is 0 Å². The molecule has 0 fully saturated rings. The molecule has 0 bridgehead atoms. The predicted octanol–water partition coefficient (Wildman–Crippen LogP) is 4.40. The number of amides is 1. The van der Waals surface area contributed by atoms with Crippen molar-refractivity contribution in [2.24, 2.45) is 0 Å². The average Bonchev–Trinajstić information content (AvgIpc) is 2.76. The number of nitrogens with one attached hydrogen (secondary N) is 1. The van der Waals surface area contributed by atoms with E-state index in [1.54, 1.807) is 20.8 Å². The number of hydrogen-bond donors (Lipinski definition) is 1. The van der Waals surface area contributed by atoms with Crippen molar-refractivity contribution in [3.63, 3.8) is 0 Å². The Bertz CT molecular complexity index is 953. The van der Waals surface area contributed by atoms with Gasteiger partial charge in [0.2, 0.25) is 0 Å². The number of hydrogen-bond acceptors (Lipinski definition) is 9. The molecular weight excluding hydrogens is 491 g/mol. The number of esters is 2. The van der Waals surface area contributed by atoms with Crippen LogP contribution in [-0.4, -0.2) is 57.1 Å². The summed E-state index contributed by atoms with van der Waals surface area (Å²) in [5.74, 6) is -1.97. The van der Waals surface area contributed by atoms with Gasteiger partial charge in [0.05, 0.1) is 33.0 Å². The zero-order chi connectivity index (χ0) is 27.0. The molecule has 0 saturated heterocycles. The van der Waals surface area contributed by atoms with E-state index in [4.69, 9.17) is 18.5 Å². The van der Waals surface area contributed by atoms with Gasteiger partial charge in [-0.25, -0.2) is 14.4 Å². The second-order valence-corrected chi connectivity index (χ2v) is 10.2. The number of methoxy groups -OCH3 is 2. The summed E-state index contributed by atoms with van der Waals surface area (Å²) in [5.41, 5.74) is -6.40. The molecule has 1 aromatic carbocycles. The molecule has 35 heavy (non-hydrogen) atoms. The van der Waals surface area contributed by atoms with E-state index in [-0.39, 0.29) is 25.2 Å². The van der Waals surface area contributed by atoms with E-state index in [1.807, 2.05) is 0 Å². The Kier molecular flexibility index (Phi) is 10.8. The maximum Gasteiger partial charge on any atom is 0.408 e. The van der Waals surface area contributed by atoms with Gasteiger partial charge in [-0.3, -0.25) is 4.57 Å². The van der Waals surface area contributed by atoms with Gasteiger partial charge in [-0.15, -0.1) is 0 Å². The smallest absolute Gasteiger partial charge is 0.408 e. The summed E-state index contributed by atoms with van der Waals surface area (Å²) in [5, 5.41) is 2.35. The Hall–Kier alpha value is -2.56. The van der Waals surface area contributed by atoms with Crippen LogP contribution in [0.2, 0.25) is 0 Å². The van der Waals surface area contributed by atoms with Crippen molar-refractivity contribution in [1.29, 1.82) is 0 Å². The van der Waals surface area contributed by atoms with Crippen molar-refractivity contribution in [1.82, 2.24) is 5.32 Å². The molecular formula is C22H32F2NO9P. The Labute approximate surface area is 203 Å². The van der Waals surface area contributed by atoms with Gasteiger partial charge in [-0.05, 0) is 46.2 Å². The van der Waals surface area contributed by atoms with Gasteiger partial charge in [0, 0.05) is 12.0 Å². The number of carbonyl (C=O) groups is 3. The van der Waals surface area contributed by atoms with Crippen molar-refractivity contribution in [2.75, 3.05) is 27.4 Å². The van der Waals surface area contributed by atoms with E-state index in [1.165, 1.54) is 19.9 Å². The lowest BCUT2D eigenvalue weighted by molar-refractivity contribution is -0.143. The minimum Gasteiger partial charge on any atom is -0.467 e. The third-order valence-electron chi connectivity index (χ3n) is 4.37. The van der Waals surface area contributed by atoms with Crippen LogP contribution in [0.15, 0.2) is 18.2 Å². The maximum absolute atomic E-state index is 15.4. The molecule has 1 N–H and O–H groups in total. The fourth-order valence-corrected chi connectivity index (χ4v) is 4.54. The molecule has 1 atom stereocenters. The van der Waals surface area contributed by atoms with Crippen LogP contribution in [0, 0.1) is 0 Å². The minimum absolute atomic E-state index is 0.194. The predicted molar refractivity (Wildman–Crippen MR) is 121 cm³/mol. The van der Waals surface area contributed by atoms with Gasteiger partial charge in [-0.1, -0.05) is 12.1 Å². The summed E-state index contributed by atoms with van der Waals surface area (Å²) < 4.78 is 67.6. The fraction of sp³-hybridized carbons (Fsp3) is 0.591. The number of carbonyl (C=O) groups excluding carboxylic acids is 3. The van der Waals surface area contributed by atoms with Gasteiger partial charge in [-0.2, -0.15) is 8.78 Å². The Morgan fingerprint density at radius 2 is 1.60 bits per heavy atom. The zero-order valence-corrected chi connectivity index (χ0v) is 21.7. The summed E-state index contributed by atoms with van der Waals surface area (Å²) in [7, 11) is -2.92. The average molecular weight is 523 g/mol. The highest BCUT2D eigenvalue weighted by molar-refractivity contribution is 7.54. The Morgan fingerprint density at radius 1 is 1.03 bits per heavy atom. The fourth-order valence-electron chi connectivity index (χ4n) is 2.97. The van der Waals surface area contributed by atoms with Gasteiger partial charge in [0.25, 0.3) is 0 Å². The number of ether oxygens (including phenoxy) is 3. The van der Waals surface area contributed by atoms with Gasteiger partial charge < -0.3 is 28.6 Å². The van der Waals surface area contributed by atoms with Crippen molar-refractivity contribution >= 4 is 25.6 Å². The first kappa shape index (κ1) is 30.5. The quantitative estimate of drug-likeness (QED) is 0.255. The standard InChI is InChI=1S/C22H32F2NO9P/c1-8-32-35(29,33-9-2)22(23,24)16-11-10-14(12-15(16)18(26)30-6)13-17(19(27)31-7)25-20(28)34-21(3,4)5/h10-12,17H,8-9,13H2,1-7H3,(H,25,28)/t17-/m0/s1. The van der Waals surface area contributed by atoms with Crippen LogP contribution in [-0.2, 0) is 44.7 Å². The van der Waals surface area contributed by atoms with Crippen molar-refractivity contribution in [3.05, 3.63) is 34.9 Å². The van der Waals surface area contributed by atoms with Crippen LogP contribution in [0.3, 0.4) is 0 Å². The molecule has 0 radical (unpaired) electrons. The molecule has 0 heterocycles. The number of benzene rings is 1. The first-order valence-corrected chi connectivity index (χ1v) is 12.3. The number of rotatable bonds is 11. The van der Waals surface area contributed by atoms with Crippen LogP contribution in [0.5, 0.6) is 0 Å². The minimum atomic E-state index is -5.01. The Morgan fingerprint density at radius 3 is 2.06 bits per heavy atom. The lowest BCUT2D eigenvalue weighted by atomic mass is 9.99. The molecule has 0 saturated carbocycles. The molecule has 0 spiro atoms. The van der Waals surface area contributed by atoms with Crippen molar-refractivity contribution < 1.29 is 51.0 Å². The lowest BCUT2D eigenvalue weighted by Crippen LogP contribution is -2.45. The maximum atomic E-state index is 15.4. The van der Waals surface area contributed by atoms with Gasteiger partial charge in [0.1, 0.15) is 11.6 Å². The van der Waals surface area contributed by atoms with Crippen LogP contribution in [0.1, 0.15) is 56.1 Å². The van der Waals surface area contributed by atoms with Crippen LogP contribution >= 0.6 is 7.60 Å². The molecule has 0 aromatic heterocycles. The number of halogens is 2. The second-order valence-electron chi connectivity index (χ2n) is 8.17. The van der Waals surface area contributed by atoms with E-state index in [2.05, 4.69) is 10.1 Å². The SMILES string of the molecule is CCOP(=O)(OCC)C(F)(F)c1ccc(C[C@H](NC(=O)OC(C)(C)C)C(=O)OC)cc1C(=O)OC. The van der Waals surface area contributed by atoms with E-state index in [9.17, 15) is 18.9 Å². The summed E-state index contributed by atoms with van der Waals surface area (Å²) in [6.45, 7) is 6.98. The largest absolute Gasteiger partial charge is 0.467 e. The molecule has 10 nitrogen and oxygen atoms in total. The van der Waals surface area contributed by atoms with Crippen LogP contribution in [0.25, 0.3) is 0 Å². The molecule has 1 amide bonds. The monoisotopic (exact) mass is 523 g/mol. The van der Waals surface area contributed by atoms with Crippen LogP contribution < -0.4 is 5.32 Å². The summed E-state index contributed by atoms with van der Waals surface area (Å²) >= 11 is 0. The molecule has 0 unspecified atom stereocenters. The number of alkyl halides is 2. The highest BCUT2D eigenvalue weighted by Gasteiger charge is 2.56. The topological polar surface area (TPSA) is 126 Å². The third-order valence-corrected chi connectivity index (χ3v) is 6.50. The van der Waals surface area contributed by atoms with E-state index in [0.29, 0.717) is 0 Å². The van der Waals surface area contributed by atoms with Crippen molar-refractivity contribution in [2.45, 2.75) is 58.3 Å². The molecule has 0 aliphatic heterocycles. The normalized spacial score (nSPS) is 13.1. The summed E-state index contributed by atoms with van der Waals surface area (Å²) in [4.78, 5) is 36.7. The zero-order valence-electron chi connectivity index (χ0n) is 20.8. The van der Waals surface area contributed by atoms with Crippen molar-refractivity contribution in [3.8, 4) is 0 Å². The molecule has 0 aliphatic carbocycles. The number of alkyl carbamates (subject to hydrolysis) is 1. The molecule has 0 aliphatic rings. The van der Waals surface area contributed by atoms with E-state index in [0.717, 1.165) is 26.4 Å². The van der Waals surface area contributed by atoms with Gasteiger partial charge >= 0.3 is 31.3 Å². The lowest BCUT2D eigenvalue weighted by Gasteiger charge is -2.27. The van der Waals surface area contributed by atoms with E-state index >= 15 is 8.78 Å². The van der Waals surface area contributed by atoms with Crippen LogP contribution in [0.4, 0.5) is 13.6 Å². The summed E-state index contributed by atoms with van der Waals surface area (Å²) in [6, 6.07) is 1.84. The second kappa shape index (κ2) is 12.4.